The molecule has 0 unspecified atom stereocenters. The third kappa shape index (κ3) is 3.11. The second-order valence-electron chi connectivity index (χ2n) is 7.11. The minimum atomic E-state index is -0.279. The molecule has 0 atom stereocenters. The van der Waals surface area contributed by atoms with Crippen LogP contribution in [0, 0.1) is 0 Å². The summed E-state index contributed by atoms with van der Waals surface area (Å²) in [6.45, 7) is 4.28. The maximum Gasteiger partial charge on any atom is 0.323 e. The van der Waals surface area contributed by atoms with E-state index >= 15 is 0 Å². The smallest absolute Gasteiger partial charge is 0.323 e. The number of fused-ring (bicyclic) bond motifs is 2. The Balaban J connectivity index is 1.38. The minimum absolute atomic E-state index is 0.279. The predicted octanol–water partition coefficient (Wildman–Crippen LogP) is 3.04. The first-order chi connectivity index (χ1) is 13.8. The number of amides is 2. The molecule has 3 aliphatic rings. The second kappa shape index (κ2) is 7.24. The SMILES string of the molecule is O=C(Nc1ccccc1N1CCOCC1)Nc1c2c(cc3c1OCC3)OCC2. The highest BCUT2D eigenvalue weighted by Crippen LogP contribution is 2.44. The monoisotopic (exact) mass is 381 g/mol. The van der Waals surface area contributed by atoms with Crippen molar-refractivity contribution in [2.24, 2.45) is 0 Å². The number of urea groups is 1. The predicted molar refractivity (Wildman–Crippen MR) is 107 cm³/mol. The Morgan fingerprint density at radius 3 is 2.68 bits per heavy atom. The maximum absolute atomic E-state index is 12.9. The van der Waals surface area contributed by atoms with E-state index in [1.54, 1.807) is 0 Å². The first-order valence-corrected chi connectivity index (χ1v) is 9.73. The van der Waals surface area contributed by atoms with Crippen LogP contribution in [0.1, 0.15) is 11.1 Å². The molecule has 3 aliphatic heterocycles. The fourth-order valence-electron chi connectivity index (χ4n) is 4.04. The number of morpholine rings is 1. The molecule has 7 nitrogen and oxygen atoms in total. The van der Waals surface area contributed by atoms with Gasteiger partial charge in [0.05, 0.1) is 43.5 Å². The molecular weight excluding hydrogens is 358 g/mol. The molecule has 0 aliphatic carbocycles. The third-order valence-corrected chi connectivity index (χ3v) is 5.39. The number of rotatable bonds is 3. The average molecular weight is 381 g/mol. The van der Waals surface area contributed by atoms with E-state index in [9.17, 15) is 4.79 Å². The first-order valence-electron chi connectivity index (χ1n) is 9.73. The van der Waals surface area contributed by atoms with Crippen molar-refractivity contribution in [1.29, 1.82) is 0 Å². The van der Waals surface area contributed by atoms with Crippen LogP contribution in [0.5, 0.6) is 11.5 Å². The van der Waals surface area contributed by atoms with Crippen molar-refractivity contribution >= 4 is 23.1 Å². The standard InChI is InChI=1S/C21H23N3O4/c25-21(22-16-3-1-2-4-17(16)24-7-11-26-12-8-24)23-19-15-6-10-27-18(15)13-14-5-9-28-20(14)19/h1-4,13H,5-12H2,(H2,22,23,25). The summed E-state index contributed by atoms with van der Waals surface area (Å²) in [7, 11) is 0. The summed E-state index contributed by atoms with van der Waals surface area (Å²) in [5, 5.41) is 6.03. The fourth-order valence-corrected chi connectivity index (χ4v) is 4.04. The highest BCUT2D eigenvalue weighted by molar-refractivity contribution is 6.03. The molecule has 2 aromatic rings. The van der Waals surface area contributed by atoms with Crippen molar-refractivity contribution < 1.29 is 19.0 Å². The van der Waals surface area contributed by atoms with Gasteiger partial charge in [0, 0.05) is 37.1 Å². The van der Waals surface area contributed by atoms with E-state index in [-0.39, 0.29) is 6.03 Å². The number of hydrogen-bond donors (Lipinski definition) is 2. The van der Waals surface area contributed by atoms with Crippen LogP contribution in [0.15, 0.2) is 30.3 Å². The van der Waals surface area contributed by atoms with Crippen LogP contribution in [0.25, 0.3) is 0 Å². The summed E-state index contributed by atoms with van der Waals surface area (Å²) >= 11 is 0. The van der Waals surface area contributed by atoms with Crippen molar-refractivity contribution in [1.82, 2.24) is 0 Å². The highest BCUT2D eigenvalue weighted by Gasteiger charge is 2.28. The van der Waals surface area contributed by atoms with E-state index in [1.807, 2.05) is 30.3 Å². The summed E-state index contributed by atoms with van der Waals surface area (Å²) < 4.78 is 17.0. The Kier molecular flexibility index (Phi) is 4.44. The lowest BCUT2D eigenvalue weighted by Gasteiger charge is -2.30. The Labute approximate surface area is 163 Å². The number of para-hydroxylation sites is 2. The number of carbonyl (C=O) groups excluding carboxylic acids is 1. The lowest BCUT2D eigenvalue weighted by atomic mass is 10.0. The van der Waals surface area contributed by atoms with Gasteiger partial charge >= 0.3 is 6.03 Å². The van der Waals surface area contributed by atoms with Crippen molar-refractivity contribution in [3.63, 3.8) is 0 Å². The van der Waals surface area contributed by atoms with Gasteiger partial charge in [-0.2, -0.15) is 0 Å². The number of carbonyl (C=O) groups is 1. The maximum atomic E-state index is 12.9. The molecule has 3 heterocycles. The number of ether oxygens (including phenoxy) is 3. The molecule has 7 heteroatoms. The number of nitrogens with one attached hydrogen (secondary N) is 2. The van der Waals surface area contributed by atoms with Gasteiger partial charge in [0.15, 0.2) is 0 Å². The van der Waals surface area contributed by atoms with Crippen LogP contribution in [0.4, 0.5) is 21.9 Å². The van der Waals surface area contributed by atoms with Gasteiger partial charge in [0.2, 0.25) is 0 Å². The highest BCUT2D eigenvalue weighted by atomic mass is 16.5. The Morgan fingerprint density at radius 2 is 1.79 bits per heavy atom. The summed E-state index contributed by atoms with van der Waals surface area (Å²) in [6, 6.07) is 9.62. The molecule has 1 fully saturated rings. The van der Waals surface area contributed by atoms with Crippen LogP contribution >= 0.6 is 0 Å². The molecule has 28 heavy (non-hydrogen) atoms. The summed E-state index contributed by atoms with van der Waals surface area (Å²) in [6.07, 6.45) is 1.61. The molecule has 146 valence electrons. The Morgan fingerprint density at radius 1 is 0.964 bits per heavy atom. The van der Waals surface area contributed by atoms with Gasteiger partial charge in [0.1, 0.15) is 11.5 Å². The molecule has 0 spiro atoms. The molecule has 0 saturated carbocycles. The Hall–Kier alpha value is -2.93. The van der Waals surface area contributed by atoms with Gasteiger partial charge in [-0.3, -0.25) is 0 Å². The average Bonchev–Trinajstić information content (AvgIpc) is 3.38. The third-order valence-electron chi connectivity index (χ3n) is 5.39. The lowest BCUT2D eigenvalue weighted by Crippen LogP contribution is -2.37. The second-order valence-corrected chi connectivity index (χ2v) is 7.11. The number of nitrogens with zero attached hydrogens (tertiary/aromatic N) is 1. The van der Waals surface area contributed by atoms with Crippen molar-refractivity contribution in [3.8, 4) is 11.5 Å². The first kappa shape index (κ1) is 17.2. The normalized spacial score (nSPS) is 17.4. The van der Waals surface area contributed by atoms with E-state index in [0.29, 0.717) is 26.4 Å². The summed E-state index contributed by atoms with van der Waals surface area (Å²) in [5.41, 5.74) is 4.62. The van der Waals surface area contributed by atoms with Gasteiger partial charge in [-0.05, 0) is 18.2 Å². The molecule has 0 radical (unpaired) electrons. The van der Waals surface area contributed by atoms with Crippen LogP contribution in [-0.2, 0) is 17.6 Å². The van der Waals surface area contributed by atoms with Gasteiger partial charge in [-0.25, -0.2) is 4.79 Å². The zero-order chi connectivity index (χ0) is 18.9. The molecule has 2 amide bonds. The summed E-state index contributed by atoms with van der Waals surface area (Å²) in [4.78, 5) is 15.1. The minimum Gasteiger partial charge on any atom is -0.493 e. The number of hydrogen-bond acceptors (Lipinski definition) is 5. The zero-order valence-electron chi connectivity index (χ0n) is 15.6. The Bertz CT molecular complexity index is 877. The molecule has 0 bridgehead atoms. The van der Waals surface area contributed by atoms with Crippen LogP contribution in [0.3, 0.4) is 0 Å². The lowest BCUT2D eigenvalue weighted by molar-refractivity contribution is 0.123. The number of anilines is 3. The quantitative estimate of drug-likeness (QED) is 0.855. The molecule has 1 saturated heterocycles. The molecular formula is C21H23N3O4. The van der Waals surface area contributed by atoms with E-state index in [4.69, 9.17) is 14.2 Å². The zero-order valence-corrected chi connectivity index (χ0v) is 15.6. The summed E-state index contributed by atoms with van der Waals surface area (Å²) in [5.74, 6) is 1.63. The van der Waals surface area contributed by atoms with Gasteiger partial charge < -0.3 is 29.7 Å². The van der Waals surface area contributed by atoms with Crippen LogP contribution in [0.2, 0.25) is 0 Å². The largest absolute Gasteiger partial charge is 0.493 e. The van der Waals surface area contributed by atoms with Gasteiger partial charge in [0.25, 0.3) is 0 Å². The van der Waals surface area contributed by atoms with Crippen LogP contribution in [-0.4, -0.2) is 45.5 Å². The topological polar surface area (TPSA) is 72.1 Å². The van der Waals surface area contributed by atoms with E-state index in [1.165, 1.54) is 0 Å². The van der Waals surface area contributed by atoms with Crippen molar-refractivity contribution in [2.75, 3.05) is 55.1 Å². The van der Waals surface area contributed by atoms with Crippen molar-refractivity contribution in [2.45, 2.75) is 12.8 Å². The van der Waals surface area contributed by atoms with Crippen molar-refractivity contribution in [3.05, 3.63) is 41.5 Å². The van der Waals surface area contributed by atoms with E-state index < -0.39 is 0 Å². The molecule has 5 rings (SSSR count). The molecule has 2 N–H and O–H groups in total. The van der Waals surface area contributed by atoms with E-state index in [2.05, 4.69) is 15.5 Å². The fraction of sp³-hybridized carbons (Fsp3) is 0.381. The van der Waals surface area contributed by atoms with Gasteiger partial charge in [-0.1, -0.05) is 12.1 Å². The number of benzene rings is 2. The molecule has 2 aromatic carbocycles. The van der Waals surface area contributed by atoms with E-state index in [0.717, 1.165) is 65.6 Å². The van der Waals surface area contributed by atoms with Gasteiger partial charge in [-0.15, -0.1) is 0 Å². The molecule has 0 aromatic heterocycles. The van der Waals surface area contributed by atoms with Crippen LogP contribution < -0.4 is 25.0 Å².